The molecule has 0 unspecified atom stereocenters. The lowest BCUT2D eigenvalue weighted by atomic mass is 9.94. The molecule has 0 bridgehead atoms. The number of fused-ring (bicyclic) bond motifs is 1. The number of rotatable bonds is 4. The van der Waals surface area contributed by atoms with Gasteiger partial charge in [-0.1, -0.05) is 12.1 Å². The molecule has 2 N–H and O–H groups in total. The maximum Gasteiger partial charge on any atom is 0.163 e. The minimum Gasteiger partial charge on any atom is -0.388 e. The van der Waals surface area contributed by atoms with Crippen LogP contribution in [0.5, 0.6) is 0 Å². The summed E-state index contributed by atoms with van der Waals surface area (Å²) in [5, 5.41) is 15.0. The Balaban J connectivity index is 1.69. The maximum atomic E-state index is 10.7. The molecular formula is C19H20N4O2. The number of hydrogen-bond donors (Lipinski definition) is 2. The maximum absolute atomic E-state index is 10.7. The number of hydrogen-bond acceptors (Lipinski definition) is 6. The lowest BCUT2D eigenvalue weighted by molar-refractivity contribution is -0.0543. The molecule has 0 spiro atoms. The molecule has 1 saturated heterocycles. The molecule has 25 heavy (non-hydrogen) atoms. The van der Waals surface area contributed by atoms with Gasteiger partial charge in [-0.25, -0.2) is 9.97 Å². The minimum atomic E-state index is -0.765. The molecule has 0 amide bonds. The highest BCUT2D eigenvalue weighted by Gasteiger charge is 2.29. The lowest BCUT2D eigenvalue weighted by Gasteiger charge is -2.32. The van der Waals surface area contributed by atoms with Gasteiger partial charge >= 0.3 is 0 Å². The molecule has 128 valence electrons. The van der Waals surface area contributed by atoms with Crippen molar-refractivity contribution >= 4 is 16.7 Å². The topological polar surface area (TPSA) is 80.2 Å². The van der Waals surface area contributed by atoms with Crippen LogP contribution in [-0.4, -0.2) is 45.4 Å². The first kappa shape index (κ1) is 15.9. The summed E-state index contributed by atoms with van der Waals surface area (Å²) in [5.74, 6) is 1.35. The Morgan fingerprint density at radius 2 is 1.92 bits per heavy atom. The van der Waals surface area contributed by atoms with E-state index in [1.807, 2.05) is 36.4 Å². The molecule has 3 aromatic rings. The Bertz CT molecular complexity index is 864. The van der Waals surface area contributed by atoms with Crippen molar-refractivity contribution in [2.75, 3.05) is 25.1 Å². The predicted molar refractivity (Wildman–Crippen MR) is 96.3 cm³/mol. The molecular weight excluding hydrogens is 316 g/mol. The summed E-state index contributed by atoms with van der Waals surface area (Å²) in [4.78, 5) is 13.5. The van der Waals surface area contributed by atoms with E-state index in [1.54, 1.807) is 12.4 Å². The fourth-order valence-corrected chi connectivity index (χ4v) is 3.01. The quantitative estimate of drug-likeness (QED) is 0.762. The Morgan fingerprint density at radius 1 is 1.08 bits per heavy atom. The van der Waals surface area contributed by atoms with Crippen molar-refractivity contribution in [1.82, 2.24) is 15.0 Å². The van der Waals surface area contributed by atoms with E-state index in [0.29, 0.717) is 38.4 Å². The average molecular weight is 336 g/mol. The Labute approximate surface area is 145 Å². The molecule has 0 atom stereocenters. The van der Waals surface area contributed by atoms with E-state index in [4.69, 9.17) is 4.74 Å². The van der Waals surface area contributed by atoms with Gasteiger partial charge in [-0.3, -0.25) is 4.98 Å². The van der Waals surface area contributed by atoms with Crippen molar-refractivity contribution in [3.05, 3.63) is 48.8 Å². The summed E-state index contributed by atoms with van der Waals surface area (Å²) in [5.41, 5.74) is 0.956. The van der Waals surface area contributed by atoms with Crippen molar-refractivity contribution in [2.45, 2.75) is 18.4 Å². The summed E-state index contributed by atoms with van der Waals surface area (Å²) in [6.45, 7) is 1.61. The highest BCUT2D eigenvalue weighted by Crippen LogP contribution is 2.26. The third-order valence-electron chi connectivity index (χ3n) is 4.53. The van der Waals surface area contributed by atoms with Crippen molar-refractivity contribution in [1.29, 1.82) is 0 Å². The average Bonchev–Trinajstić information content (AvgIpc) is 2.67. The first-order chi connectivity index (χ1) is 12.2. The van der Waals surface area contributed by atoms with Gasteiger partial charge in [-0.15, -0.1) is 0 Å². The van der Waals surface area contributed by atoms with Crippen molar-refractivity contribution in [2.24, 2.45) is 0 Å². The van der Waals surface area contributed by atoms with Gasteiger partial charge in [0.25, 0.3) is 0 Å². The number of nitrogens with zero attached hydrogens (tertiary/aromatic N) is 3. The van der Waals surface area contributed by atoms with Crippen LogP contribution in [-0.2, 0) is 4.74 Å². The van der Waals surface area contributed by atoms with E-state index in [-0.39, 0.29) is 0 Å². The Kier molecular flexibility index (Phi) is 4.29. The molecule has 0 radical (unpaired) electrons. The van der Waals surface area contributed by atoms with Gasteiger partial charge in [-0.05, 0) is 24.3 Å². The monoisotopic (exact) mass is 336 g/mol. The smallest absolute Gasteiger partial charge is 0.163 e. The van der Waals surface area contributed by atoms with E-state index < -0.39 is 5.60 Å². The van der Waals surface area contributed by atoms with Crippen molar-refractivity contribution in [3.8, 4) is 11.4 Å². The first-order valence-electron chi connectivity index (χ1n) is 8.45. The summed E-state index contributed by atoms with van der Waals surface area (Å²) < 4.78 is 5.34. The van der Waals surface area contributed by atoms with Crippen LogP contribution in [0.3, 0.4) is 0 Å². The number of nitrogens with one attached hydrogen (secondary N) is 1. The van der Waals surface area contributed by atoms with E-state index >= 15 is 0 Å². The second-order valence-electron chi connectivity index (χ2n) is 6.34. The van der Waals surface area contributed by atoms with Gasteiger partial charge in [0.15, 0.2) is 5.82 Å². The number of anilines is 1. The van der Waals surface area contributed by atoms with Crippen LogP contribution in [0.15, 0.2) is 48.8 Å². The third-order valence-corrected chi connectivity index (χ3v) is 4.53. The highest BCUT2D eigenvalue weighted by molar-refractivity contribution is 5.90. The van der Waals surface area contributed by atoms with Gasteiger partial charge in [-0.2, -0.15) is 0 Å². The lowest BCUT2D eigenvalue weighted by Crippen LogP contribution is -2.42. The molecule has 4 rings (SSSR count). The molecule has 1 fully saturated rings. The van der Waals surface area contributed by atoms with Crippen molar-refractivity contribution < 1.29 is 9.84 Å². The molecule has 0 saturated carbocycles. The Hall–Kier alpha value is -2.57. The van der Waals surface area contributed by atoms with E-state index in [1.165, 1.54) is 0 Å². The zero-order valence-electron chi connectivity index (χ0n) is 13.9. The molecule has 1 aliphatic heterocycles. The van der Waals surface area contributed by atoms with Gasteiger partial charge in [0.1, 0.15) is 5.82 Å². The second kappa shape index (κ2) is 6.74. The van der Waals surface area contributed by atoms with Crippen LogP contribution in [0.25, 0.3) is 22.3 Å². The summed E-state index contributed by atoms with van der Waals surface area (Å²) in [7, 11) is 0. The number of pyridine rings is 1. The molecule has 6 nitrogen and oxygen atoms in total. The minimum absolute atomic E-state index is 0.434. The van der Waals surface area contributed by atoms with Crippen LogP contribution in [0, 0.1) is 0 Å². The molecule has 1 aliphatic rings. The van der Waals surface area contributed by atoms with E-state index in [2.05, 4.69) is 20.3 Å². The van der Waals surface area contributed by atoms with Crippen LogP contribution in [0.4, 0.5) is 5.82 Å². The number of aromatic nitrogens is 3. The van der Waals surface area contributed by atoms with Crippen LogP contribution in [0.1, 0.15) is 12.8 Å². The number of para-hydroxylation sites is 1. The number of ether oxygens (including phenoxy) is 1. The standard InChI is InChI=1S/C19H20N4O2/c24-19(7-10-25-11-8-19)13-21-18-15-5-1-2-6-16(15)22-17(23-18)14-4-3-9-20-12-14/h1-6,9,12,24H,7-8,10-11,13H2,(H,21,22,23). The highest BCUT2D eigenvalue weighted by atomic mass is 16.5. The largest absolute Gasteiger partial charge is 0.388 e. The molecule has 0 aliphatic carbocycles. The summed E-state index contributed by atoms with van der Waals surface area (Å²) in [6.07, 6.45) is 4.72. The first-order valence-corrected chi connectivity index (χ1v) is 8.45. The van der Waals surface area contributed by atoms with E-state index in [9.17, 15) is 5.11 Å². The Morgan fingerprint density at radius 3 is 2.72 bits per heavy atom. The predicted octanol–water partition coefficient (Wildman–Crippen LogP) is 2.65. The zero-order chi connectivity index (χ0) is 17.1. The fourth-order valence-electron chi connectivity index (χ4n) is 3.01. The third kappa shape index (κ3) is 3.45. The molecule has 3 heterocycles. The fraction of sp³-hybridized carbons (Fsp3) is 0.316. The molecule has 6 heteroatoms. The van der Waals surface area contributed by atoms with E-state index in [0.717, 1.165) is 22.3 Å². The zero-order valence-corrected chi connectivity index (χ0v) is 13.9. The number of benzene rings is 1. The second-order valence-corrected chi connectivity index (χ2v) is 6.34. The van der Waals surface area contributed by atoms with Gasteiger partial charge in [0.05, 0.1) is 11.1 Å². The SMILES string of the molecule is OC1(CNc2nc(-c3cccnc3)nc3ccccc23)CCOCC1. The van der Waals surface area contributed by atoms with Crippen molar-refractivity contribution in [3.63, 3.8) is 0 Å². The van der Waals surface area contributed by atoms with Crippen LogP contribution in [0.2, 0.25) is 0 Å². The number of aliphatic hydroxyl groups is 1. The van der Waals surface area contributed by atoms with Gasteiger partial charge < -0.3 is 15.2 Å². The van der Waals surface area contributed by atoms with Crippen LogP contribution < -0.4 is 5.32 Å². The summed E-state index contributed by atoms with van der Waals surface area (Å²) >= 11 is 0. The molecule has 2 aromatic heterocycles. The van der Waals surface area contributed by atoms with Gasteiger partial charge in [0.2, 0.25) is 0 Å². The summed E-state index contributed by atoms with van der Waals surface area (Å²) in [6, 6.07) is 11.7. The van der Waals surface area contributed by atoms with Gasteiger partial charge in [0, 0.05) is 55.9 Å². The molecule has 1 aromatic carbocycles. The normalized spacial score (nSPS) is 16.7. The van der Waals surface area contributed by atoms with Crippen LogP contribution >= 0.6 is 0 Å².